The predicted octanol–water partition coefficient (Wildman–Crippen LogP) is 3.24. The van der Waals surface area contributed by atoms with Crippen molar-refractivity contribution in [3.05, 3.63) is 36.2 Å². The van der Waals surface area contributed by atoms with Gasteiger partial charge >= 0.3 is 0 Å². The zero-order valence-corrected chi connectivity index (χ0v) is 8.90. The van der Waals surface area contributed by atoms with Gasteiger partial charge in [0.25, 0.3) is 0 Å². The zero-order chi connectivity index (χ0) is 9.84. The molecule has 0 saturated heterocycles. The topological polar surface area (TPSA) is 9.23 Å². The average molecular weight is 245 g/mol. The van der Waals surface area contributed by atoms with E-state index in [1.165, 1.54) is 19.2 Å². The maximum atomic E-state index is 12.8. The number of rotatable bonds is 3. The molecule has 0 bridgehead atoms. The Balaban J connectivity index is 3.13. The summed E-state index contributed by atoms with van der Waals surface area (Å²) in [6.45, 7) is 3.83. The molecule has 1 aromatic carbocycles. The number of ether oxygens (including phenoxy) is 1. The first-order valence-corrected chi connectivity index (χ1v) is 4.89. The van der Waals surface area contributed by atoms with Gasteiger partial charge in [0.2, 0.25) is 0 Å². The van der Waals surface area contributed by atoms with Crippen LogP contribution in [0.1, 0.15) is 5.56 Å². The number of allylic oxidation sites excluding steroid dienone is 1. The monoisotopic (exact) mass is 244 g/mol. The first kappa shape index (κ1) is 10.3. The molecule has 0 unspecified atom stereocenters. The van der Waals surface area contributed by atoms with Gasteiger partial charge in [0.1, 0.15) is 11.6 Å². The molecule has 0 aliphatic carbocycles. The normalized spacial score (nSPS) is 9.77. The first-order valence-electron chi connectivity index (χ1n) is 3.76. The number of alkyl halides is 1. The van der Waals surface area contributed by atoms with E-state index in [4.69, 9.17) is 4.74 Å². The highest BCUT2D eigenvalue weighted by atomic mass is 79.9. The lowest BCUT2D eigenvalue weighted by atomic mass is 10.1. The molecule has 0 aliphatic rings. The third-order valence-corrected chi connectivity index (χ3v) is 2.38. The van der Waals surface area contributed by atoms with E-state index in [-0.39, 0.29) is 5.82 Å². The molecule has 1 nitrogen and oxygen atoms in total. The van der Waals surface area contributed by atoms with E-state index < -0.39 is 0 Å². The van der Waals surface area contributed by atoms with Crippen molar-refractivity contribution in [2.45, 2.75) is 0 Å². The van der Waals surface area contributed by atoms with Crippen LogP contribution < -0.4 is 4.74 Å². The highest BCUT2D eigenvalue weighted by Crippen LogP contribution is 2.26. The summed E-state index contributed by atoms with van der Waals surface area (Å²) < 4.78 is 17.8. The van der Waals surface area contributed by atoms with Crippen molar-refractivity contribution in [2.75, 3.05) is 12.4 Å². The minimum absolute atomic E-state index is 0.303. The molecule has 0 aromatic heterocycles. The Bertz CT molecular complexity index is 323. The first-order chi connectivity index (χ1) is 6.19. The maximum absolute atomic E-state index is 12.8. The Morgan fingerprint density at radius 2 is 2.31 bits per heavy atom. The maximum Gasteiger partial charge on any atom is 0.129 e. The molecular formula is C10H10BrFO. The summed E-state index contributed by atoms with van der Waals surface area (Å²) in [7, 11) is 1.51. The fourth-order valence-corrected chi connectivity index (χ4v) is 1.33. The molecule has 0 radical (unpaired) electrons. The third kappa shape index (κ3) is 2.31. The van der Waals surface area contributed by atoms with Gasteiger partial charge in [-0.3, -0.25) is 0 Å². The van der Waals surface area contributed by atoms with Crippen molar-refractivity contribution in [1.29, 1.82) is 0 Å². The van der Waals surface area contributed by atoms with Crippen LogP contribution in [0.25, 0.3) is 5.57 Å². The molecule has 0 saturated carbocycles. The minimum Gasteiger partial charge on any atom is -0.496 e. The van der Waals surface area contributed by atoms with E-state index in [1.807, 2.05) is 0 Å². The van der Waals surface area contributed by atoms with Crippen LogP contribution in [-0.2, 0) is 0 Å². The second kappa shape index (κ2) is 4.42. The van der Waals surface area contributed by atoms with Gasteiger partial charge < -0.3 is 4.74 Å². The molecular weight excluding hydrogens is 235 g/mol. The molecule has 0 atom stereocenters. The van der Waals surface area contributed by atoms with E-state index in [0.29, 0.717) is 11.1 Å². The second-order valence-corrected chi connectivity index (χ2v) is 3.14. The third-order valence-electron chi connectivity index (χ3n) is 1.71. The predicted molar refractivity (Wildman–Crippen MR) is 55.8 cm³/mol. The van der Waals surface area contributed by atoms with Crippen molar-refractivity contribution in [3.8, 4) is 5.75 Å². The lowest BCUT2D eigenvalue weighted by molar-refractivity contribution is 0.410. The van der Waals surface area contributed by atoms with Gasteiger partial charge in [0, 0.05) is 17.0 Å². The average Bonchev–Trinajstić information content (AvgIpc) is 2.16. The number of methoxy groups -OCH3 is 1. The molecule has 1 aromatic rings. The molecule has 1 rings (SSSR count). The molecule has 0 spiro atoms. The van der Waals surface area contributed by atoms with Crippen molar-refractivity contribution in [2.24, 2.45) is 0 Å². The van der Waals surface area contributed by atoms with Crippen LogP contribution in [0.15, 0.2) is 24.8 Å². The van der Waals surface area contributed by atoms with Crippen LogP contribution in [0, 0.1) is 5.82 Å². The largest absolute Gasteiger partial charge is 0.496 e. The summed E-state index contributed by atoms with van der Waals surface area (Å²) in [6, 6.07) is 4.41. The number of halogens is 2. The highest BCUT2D eigenvalue weighted by Gasteiger charge is 2.06. The van der Waals surface area contributed by atoms with Crippen LogP contribution in [-0.4, -0.2) is 12.4 Å². The van der Waals surface area contributed by atoms with Gasteiger partial charge in [-0.05, 0) is 17.7 Å². The van der Waals surface area contributed by atoms with E-state index in [9.17, 15) is 4.39 Å². The Morgan fingerprint density at radius 3 is 2.85 bits per heavy atom. The summed E-state index contributed by atoms with van der Waals surface area (Å²) in [6.07, 6.45) is 0. The van der Waals surface area contributed by atoms with Gasteiger partial charge in [0.05, 0.1) is 7.11 Å². The molecule has 0 amide bonds. The molecule has 3 heteroatoms. The van der Waals surface area contributed by atoms with Crippen molar-refractivity contribution in [3.63, 3.8) is 0 Å². The lowest BCUT2D eigenvalue weighted by Gasteiger charge is -2.08. The van der Waals surface area contributed by atoms with Crippen molar-refractivity contribution < 1.29 is 9.13 Å². The standard InChI is InChI=1S/C10H10BrFO/c1-7(6-11)9-4-3-8(12)5-10(9)13-2/h3-5H,1,6H2,2H3. The summed E-state index contributed by atoms with van der Waals surface area (Å²) in [5.41, 5.74) is 1.71. The van der Waals surface area contributed by atoms with Crippen molar-refractivity contribution >= 4 is 21.5 Å². The fourth-order valence-electron chi connectivity index (χ4n) is 1.03. The van der Waals surface area contributed by atoms with Crippen LogP contribution in [0.3, 0.4) is 0 Å². The van der Waals surface area contributed by atoms with Crippen LogP contribution in [0.5, 0.6) is 5.75 Å². The summed E-state index contributed by atoms with van der Waals surface area (Å²) in [5.74, 6) is 0.215. The minimum atomic E-state index is -0.303. The summed E-state index contributed by atoms with van der Waals surface area (Å²) in [4.78, 5) is 0. The van der Waals surface area contributed by atoms with E-state index in [0.717, 1.165) is 11.1 Å². The molecule has 0 heterocycles. The smallest absolute Gasteiger partial charge is 0.129 e. The molecule has 13 heavy (non-hydrogen) atoms. The molecule has 0 N–H and O–H groups in total. The Labute approximate surface area is 85.3 Å². The molecule has 0 aliphatic heterocycles. The lowest BCUT2D eigenvalue weighted by Crippen LogP contribution is -1.92. The van der Waals surface area contributed by atoms with Crippen LogP contribution >= 0.6 is 15.9 Å². The van der Waals surface area contributed by atoms with E-state index in [2.05, 4.69) is 22.5 Å². The van der Waals surface area contributed by atoms with Gasteiger partial charge in [-0.2, -0.15) is 0 Å². The summed E-state index contributed by atoms with van der Waals surface area (Å²) >= 11 is 3.28. The number of benzene rings is 1. The van der Waals surface area contributed by atoms with Gasteiger partial charge in [-0.15, -0.1) is 0 Å². The van der Waals surface area contributed by atoms with Crippen LogP contribution in [0.2, 0.25) is 0 Å². The Kier molecular flexibility index (Phi) is 3.48. The fraction of sp³-hybridized carbons (Fsp3) is 0.200. The van der Waals surface area contributed by atoms with Crippen LogP contribution in [0.4, 0.5) is 4.39 Å². The summed E-state index contributed by atoms with van der Waals surface area (Å²) in [5, 5.41) is 0.648. The quantitative estimate of drug-likeness (QED) is 0.743. The van der Waals surface area contributed by atoms with Gasteiger partial charge in [0.15, 0.2) is 0 Å². The van der Waals surface area contributed by atoms with Gasteiger partial charge in [-0.1, -0.05) is 22.5 Å². The number of hydrogen-bond donors (Lipinski definition) is 0. The van der Waals surface area contributed by atoms with E-state index >= 15 is 0 Å². The van der Waals surface area contributed by atoms with Crippen molar-refractivity contribution in [1.82, 2.24) is 0 Å². The Morgan fingerprint density at radius 1 is 1.62 bits per heavy atom. The highest BCUT2D eigenvalue weighted by molar-refractivity contribution is 9.09. The number of hydrogen-bond acceptors (Lipinski definition) is 1. The zero-order valence-electron chi connectivity index (χ0n) is 7.31. The SMILES string of the molecule is C=C(CBr)c1ccc(F)cc1OC. The Hall–Kier alpha value is -0.830. The molecule has 0 fully saturated rings. The van der Waals surface area contributed by atoms with E-state index in [1.54, 1.807) is 6.07 Å². The van der Waals surface area contributed by atoms with Gasteiger partial charge in [-0.25, -0.2) is 4.39 Å². The second-order valence-electron chi connectivity index (χ2n) is 2.58. The molecule has 70 valence electrons.